The van der Waals surface area contributed by atoms with Crippen molar-refractivity contribution in [3.8, 4) is 5.69 Å². The molecule has 0 radical (unpaired) electrons. The standard InChI is InChI=1S/C42H27N3S/c43-40(25-10-2-1-3-11-25)41(44)32-21-20-31-37-27-12-5-4-9-24(27)17-19-30(37)29-14-8-15-34-38(29)39(31)42(32)45(34)26-18-22-36-33(23-26)28-13-6-7-16-35(28)46-36/h1-23H,43-44H2/b41-40-. The van der Waals surface area contributed by atoms with Gasteiger partial charge in [0.05, 0.1) is 22.4 Å². The molecule has 2 heterocycles. The molecule has 0 bridgehead atoms. The maximum absolute atomic E-state index is 7.09. The minimum absolute atomic E-state index is 0.578. The molecular weight excluding hydrogens is 579 g/mol. The van der Waals surface area contributed by atoms with Crippen LogP contribution in [-0.2, 0) is 0 Å². The van der Waals surface area contributed by atoms with Crippen molar-refractivity contribution in [2.45, 2.75) is 0 Å². The summed E-state index contributed by atoms with van der Waals surface area (Å²) in [4.78, 5) is 0. The van der Waals surface area contributed by atoms with E-state index in [2.05, 4.69) is 114 Å². The van der Waals surface area contributed by atoms with Gasteiger partial charge < -0.3 is 16.0 Å². The Hall–Kier alpha value is -5.84. The number of nitrogens with two attached hydrogens (primary N) is 2. The number of hydrogen-bond acceptors (Lipinski definition) is 3. The zero-order valence-corrected chi connectivity index (χ0v) is 25.6. The normalized spacial score (nSPS) is 12.9. The van der Waals surface area contributed by atoms with Crippen LogP contribution in [0.25, 0.3) is 91.4 Å². The highest BCUT2D eigenvalue weighted by molar-refractivity contribution is 7.25. The first-order chi connectivity index (χ1) is 22.7. The lowest BCUT2D eigenvalue weighted by Gasteiger charge is -2.16. The largest absolute Gasteiger partial charge is 0.397 e. The van der Waals surface area contributed by atoms with Gasteiger partial charge in [-0.2, -0.15) is 0 Å². The van der Waals surface area contributed by atoms with Crippen LogP contribution in [0.2, 0.25) is 0 Å². The van der Waals surface area contributed by atoms with Crippen LogP contribution in [0.5, 0.6) is 0 Å². The monoisotopic (exact) mass is 605 g/mol. The van der Waals surface area contributed by atoms with Crippen LogP contribution in [0.4, 0.5) is 0 Å². The Bertz CT molecular complexity index is 2870. The third kappa shape index (κ3) is 3.36. The van der Waals surface area contributed by atoms with Crippen molar-refractivity contribution < 1.29 is 0 Å². The highest BCUT2D eigenvalue weighted by atomic mass is 32.1. The van der Waals surface area contributed by atoms with Gasteiger partial charge in [-0.1, -0.05) is 109 Å². The summed E-state index contributed by atoms with van der Waals surface area (Å²) in [7, 11) is 0. The second-order valence-electron chi connectivity index (χ2n) is 12.1. The van der Waals surface area contributed by atoms with Gasteiger partial charge in [0, 0.05) is 42.2 Å². The van der Waals surface area contributed by atoms with Gasteiger partial charge in [-0.05, 0) is 68.2 Å². The summed E-state index contributed by atoms with van der Waals surface area (Å²) in [5, 5.41) is 12.5. The van der Waals surface area contributed by atoms with Crippen LogP contribution in [0, 0.1) is 0 Å². The van der Waals surface area contributed by atoms with Gasteiger partial charge in [-0.3, -0.25) is 0 Å². The average Bonchev–Trinajstić information content (AvgIpc) is 3.67. The molecule has 8 aromatic carbocycles. The average molecular weight is 606 g/mol. The number of fused-ring (bicyclic) bond motifs is 8. The Morgan fingerprint density at radius 2 is 1.20 bits per heavy atom. The van der Waals surface area contributed by atoms with Gasteiger partial charge in [-0.25, -0.2) is 0 Å². The molecule has 0 atom stereocenters. The Labute approximate surface area is 268 Å². The van der Waals surface area contributed by atoms with E-state index < -0.39 is 0 Å². The van der Waals surface area contributed by atoms with E-state index in [9.17, 15) is 0 Å². The van der Waals surface area contributed by atoms with E-state index in [-0.39, 0.29) is 0 Å². The molecule has 4 heteroatoms. The number of benzene rings is 8. The quantitative estimate of drug-likeness (QED) is 0.155. The van der Waals surface area contributed by atoms with Crippen molar-refractivity contribution in [2.24, 2.45) is 11.5 Å². The summed E-state index contributed by atoms with van der Waals surface area (Å²) in [5.74, 6) is 0. The van der Waals surface area contributed by atoms with Crippen molar-refractivity contribution in [1.29, 1.82) is 0 Å². The van der Waals surface area contributed by atoms with Crippen molar-refractivity contribution in [1.82, 2.24) is 4.57 Å². The Morgan fingerprint density at radius 3 is 2.09 bits per heavy atom. The maximum Gasteiger partial charge on any atom is 0.0649 e. The molecule has 0 amide bonds. The second-order valence-corrected chi connectivity index (χ2v) is 13.2. The first kappa shape index (κ1) is 25.5. The van der Waals surface area contributed by atoms with Gasteiger partial charge in [0.1, 0.15) is 0 Å². The summed E-state index contributed by atoms with van der Waals surface area (Å²) < 4.78 is 4.99. The third-order valence-corrected chi connectivity index (χ3v) is 10.9. The highest BCUT2D eigenvalue weighted by Gasteiger charge is 2.24. The first-order valence-electron chi connectivity index (χ1n) is 15.5. The Morgan fingerprint density at radius 1 is 0.478 bits per heavy atom. The maximum atomic E-state index is 7.09. The molecule has 0 aliphatic rings. The van der Waals surface area contributed by atoms with E-state index in [1.54, 1.807) is 0 Å². The van der Waals surface area contributed by atoms with Crippen LogP contribution >= 0.6 is 11.3 Å². The Kier molecular flexibility index (Phi) is 5.17. The fourth-order valence-corrected chi connectivity index (χ4v) is 8.75. The minimum atomic E-state index is 0.578. The van der Waals surface area contributed by atoms with Gasteiger partial charge in [0.2, 0.25) is 0 Å². The van der Waals surface area contributed by atoms with Crippen LogP contribution in [0.3, 0.4) is 0 Å². The molecule has 4 N–H and O–H groups in total. The molecular formula is C42H27N3S. The third-order valence-electron chi connectivity index (χ3n) is 9.71. The van der Waals surface area contributed by atoms with Crippen molar-refractivity contribution in [2.75, 3.05) is 0 Å². The lowest BCUT2D eigenvalue weighted by Crippen LogP contribution is -2.09. The molecule has 216 valence electrons. The van der Waals surface area contributed by atoms with Gasteiger partial charge >= 0.3 is 0 Å². The molecule has 10 aromatic rings. The van der Waals surface area contributed by atoms with E-state index in [1.165, 1.54) is 63.3 Å². The lowest BCUT2D eigenvalue weighted by molar-refractivity contribution is 1.18. The smallest absolute Gasteiger partial charge is 0.0649 e. The van der Waals surface area contributed by atoms with Crippen LogP contribution in [-0.4, -0.2) is 4.57 Å². The minimum Gasteiger partial charge on any atom is -0.397 e. The number of thiophene rings is 1. The van der Waals surface area contributed by atoms with Gasteiger partial charge in [-0.15, -0.1) is 11.3 Å². The number of hydrogen-bond donors (Lipinski definition) is 2. The van der Waals surface area contributed by atoms with Crippen LogP contribution in [0.1, 0.15) is 11.1 Å². The molecule has 3 nitrogen and oxygen atoms in total. The van der Waals surface area contributed by atoms with E-state index >= 15 is 0 Å². The van der Waals surface area contributed by atoms with E-state index in [0.29, 0.717) is 11.4 Å². The molecule has 46 heavy (non-hydrogen) atoms. The predicted molar refractivity (Wildman–Crippen MR) is 199 cm³/mol. The molecule has 0 saturated heterocycles. The highest BCUT2D eigenvalue weighted by Crippen LogP contribution is 2.48. The summed E-state index contributed by atoms with van der Waals surface area (Å²) in [6, 6.07) is 49.9. The number of nitrogens with zero attached hydrogens (tertiary/aromatic N) is 1. The molecule has 2 aromatic heterocycles. The molecule has 0 aliphatic carbocycles. The summed E-state index contributed by atoms with van der Waals surface area (Å²) in [6.45, 7) is 0. The molecule has 0 unspecified atom stereocenters. The van der Waals surface area contributed by atoms with Crippen molar-refractivity contribution in [3.63, 3.8) is 0 Å². The SMILES string of the molecule is N/C(=C(\N)c1ccc2c3c4ccccc4ccc3c3cccc4c3c2c1n4-c1ccc2sc3ccccc3c2c1)c1ccccc1. The van der Waals surface area contributed by atoms with Crippen molar-refractivity contribution in [3.05, 3.63) is 151 Å². The van der Waals surface area contributed by atoms with Gasteiger partial charge in [0.15, 0.2) is 0 Å². The first-order valence-corrected chi connectivity index (χ1v) is 16.3. The van der Waals surface area contributed by atoms with E-state index in [4.69, 9.17) is 11.5 Å². The summed E-state index contributed by atoms with van der Waals surface area (Å²) in [6.07, 6.45) is 0. The Balaban J connectivity index is 1.42. The van der Waals surface area contributed by atoms with Crippen molar-refractivity contribution >= 4 is 97.0 Å². The number of rotatable bonds is 3. The molecule has 0 fully saturated rings. The molecule has 0 saturated carbocycles. The molecule has 0 spiro atoms. The zero-order valence-electron chi connectivity index (χ0n) is 24.8. The van der Waals surface area contributed by atoms with E-state index in [1.807, 2.05) is 41.7 Å². The van der Waals surface area contributed by atoms with Crippen LogP contribution < -0.4 is 11.5 Å². The van der Waals surface area contributed by atoms with Gasteiger partial charge in [0.25, 0.3) is 0 Å². The molecule has 0 aliphatic heterocycles. The topological polar surface area (TPSA) is 57.0 Å². The number of aromatic nitrogens is 1. The summed E-state index contributed by atoms with van der Waals surface area (Å²) in [5.41, 5.74) is 20.3. The van der Waals surface area contributed by atoms with Crippen LogP contribution in [0.15, 0.2) is 140 Å². The predicted octanol–water partition coefficient (Wildman–Crippen LogP) is 10.8. The second kappa shape index (κ2) is 9.33. The fourth-order valence-electron chi connectivity index (χ4n) is 7.66. The van der Waals surface area contributed by atoms with E-state index in [0.717, 1.165) is 27.8 Å². The fraction of sp³-hybridized carbons (Fsp3) is 0. The lowest BCUT2D eigenvalue weighted by atomic mass is 9.90. The summed E-state index contributed by atoms with van der Waals surface area (Å²) >= 11 is 1.84. The zero-order chi connectivity index (χ0) is 30.5. The molecule has 10 rings (SSSR count).